The molecule has 0 aromatic carbocycles. The topological polar surface area (TPSA) is 43.6 Å². The molecular weight excluding hydrogens is 176 g/mol. The standard InChI is InChI=1S/C10H12N4/c1-8(2)14-10(12-7-13-14)9-3-5-11-6-4-9/h3-8H,1-2H3. The van der Waals surface area contributed by atoms with Crippen molar-refractivity contribution < 1.29 is 0 Å². The summed E-state index contributed by atoms with van der Waals surface area (Å²) < 4.78 is 1.90. The van der Waals surface area contributed by atoms with Crippen LogP contribution < -0.4 is 0 Å². The van der Waals surface area contributed by atoms with Crippen LogP contribution in [0.15, 0.2) is 30.9 Å². The van der Waals surface area contributed by atoms with Crippen molar-refractivity contribution in [1.29, 1.82) is 0 Å². The monoisotopic (exact) mass is 188 g/mol. The first-order chi connectivity index (χ1) is 6.79. The maximum atomic E-state index is 4.23. The van der Waals surface area contributed by atoms with Crippen molar-refractivity contribution in [1.82, 2.24) is 19.7 Å². The van der Waals surface area contributed by atoms with E-state index < -0.39 is 0 Å². The van der Waals surface area contributed by atoms with Crippen LogP contribution in [-0.2, 0) is 0 Å². The molecule has 0 N–H and O–H groups in total. The Bertz CT molecular complexity index is 405. The summed E-state index contributed by atoms with van der Waals surface area (Å²) in [5.41, 5.74) is 1.05. The van der Waals surface area contributed by atoms with Crippen molar-refractivity contribution in [3.63, 3.8) is 0 Å². The molecule has 0 saturated heterocycles. The number of hydrogen-bond acceptors (Lipinski definition) is 3. The Hall–Kier alpha value is -1.71. The summed E-state index contributed by atoms with van der Waals surface area (Å²) in [6.45, 7) is 4.17. The molecular formula is C10H12N4. The van der Waals surface area contributed by atoms with E-state index in [1.807, 2.05) is 16.8 Å². The molecule has 2 rings (SSSR count). The molecule has 0 aliphatic carbocycles. The maximum absolute atomic E-state index is 4.23. The third-order valence-corrected chi connectivity index (χ3v) is 2.00. The summed E-state index contributed by atoms with van der Waals surface area (Å²) in [5, 5.41) is 4.18. The van der Waals surface area contributed by atoms with Crippen molar-refractivity contribution in [3.05, 3.63) is 30.9 Å². The molecule has 4 heteroatoms. The molecule has 2 aromatic heterocycles. The fourth-order valence-corrected chi connectivity index (χ4v) is 1.34. The lowest BCUT2D eigenvalue weighted by Crippen LogP contribution is -2.04. The Balaban J connectivity index is 2.47. The van der Waals surface area contributed by atoms with Gasteiger partial charge in [0.05, 0.1) is 0 Å². The molecule has 2 heterocycles. The predicted molar refractivity (Wildman–Crippen MR) is 53.6 cm³/mol. The molecule has 0 atom stereocenters. The first-order valence-electron chi connectivity index (χ1n) is 4.59. The molecule has 0 unspecified atom stereocenters. The summed E-state index contributed by atoms with van der Waals surface area (Å²) in [6, 6.07) is 4.19. The van der Waals surface area contributed by atoms with E-state index in [9.17, 15) is 0 Å². The molecule has 4 nitrogen and oxygen atoms in total. The molecule has 0 aliphatic rings. The summed E-state index contributed by atoms with van der Waals surface area (Å²) in [4.78, 5) is 8.20. The first-order valence-corrected chi connectivity index (χ1v) is 4.59. The highest BCUT2D eigenvalue weighted by atomic mass is 15.3. The predicted octanol–water partition coefficient (Wildman–Crippen LogP) is 1.92. The van der Waals surface area contributed by atoms with Crippen molar-refractivity contribution in [3.8, 4) is 11.4 Å². The molecule has 0 radical (unpaired) electrons. The minimum Gasteiger partial charge on any atom is -0.265 e. The van der Waals surface area contributed by atoms with Gasteiger partial charge < -0.3 is 0 Å². The van der Waals surface area contributed by atoms with E-state index in [0.29, 0.717) is 6.04 Å². The summed E-state index contributed by atoms with van der Waals surface area (Å²) in [7, 11) is 0. The largest absolute Gasteiger partial charge is 0.265 e. The number of pyridine rings is 1. The zero-order valence-electron chi connectivity index (χ0n) is 8.25. The second-order valence-corrected chi connectivity index (χ2v) is 3.36. The normalized spacial score (nSPS) is 10.8. The maximum Gasteiger partial charge on any atom is 0.158 e. The Morgan fingerprint density at radius 2 is 1.93 bits per heavy atom. The zero-order valence-corrected chi connectivity index (χ0v) is 8.25. The van der Waals surface area contributed by atoms with Crippen molar-refractivity contribution in [2.45, 2.75) is 19.9 Å². The number of aromatic nitrogens is 4. The quantitative estimate of drug-likeness (QED) is 0.723. The molecule has 14 heavy (non-hydrogen) atoms. The van der Waals surface area contributed by atoms with E-state index in [-0.39, 0.29) is 0 Å². The van der Waals surface area contributed by atoms with Crippen LogP contribution in [0.4, 0.5) is 0 Å². The number of rotatable bonds is 2. The van der Waals surface area contributed by atoms with E-state index in [0.717, 1.165) is 11.4 Å². The van der Waals surface area contributed by atoms with Gasteiger partial charge in [0.1, 0.15) is 6.33 Å². The molecule has 0 amide bonds. The minimum absolute atomic E-state index is 0.320. The van der Waals surface area contributed by atoms with E-state index >= 15 is 0 Å². The Labute approximate surface area is 82.6 Å². The van der Waals surface area contributed by atoms with Crippen molar-refractivity contribution in [2.75, 3.05) is 0 Å². The van der Waals surface area contributed by atoms with E-state index in [2.05, 4.69) is 28.9 Å². The summed E-state index contributed by atoms with van der Waals surface area (Å²) in [5.74, 6) is 0.891. The Morgan fingerprint density at radius 3 is 2.57 bits per heavy atom. The van der Waals surface area contributed by atoms with Gasteiger partial charge in [-0.1, -0.05) is 0 Å². The van der Waals surface area contributed by atoms with Gasteiger partial charge in [-0.3, -0.25) is 4.98 Å². The summed E-state index contributed by atoms with van der Waals surface area (Å²) >= 11 is 0. The van der Waals surface area contributed by atoms with Crippen LogP contribution >= 0.6 is 0 Å². The van der Waals surface area contributed by atoms with Gasteiger partial charge in [0, 0.05) is 24.0 Å². The van der Waals surface area contributed by atoms with Crippen LogP contribution in [-0.4, -0.2) is 19.7 Å². The Kier molecular flexibility index (Phi) is 2.26. The zero-order chi connectivity index (χ0) is 9.97. The first kappa shape index (κ1) is 8.87. The van der Waals surface area contributed by atoms with Crippen molar-refractivity contribution in [2.24, 2.45) is 0 Å². The van der Waals surface area contributed by atoms with Crippen molar-refractivity contribution >= 4 is 0 Å². The highest BCUT2D eigenvalue weighted by molar-refractivity contribution is 5.53. The van der Waals surface area contributed by atoms with Gasteiger partial charge in [0.2, 0.25) is 0 Å². The fraction of sp³-hybridized carbons (Fsp3) is 0.300. The minimum atomic E-state index is 0.320. The molecule has 72 valence electrons. The van der Waals surface area contributed by atoms with Crippen LogP contribution in [0.3, 0.4) is 0 Å². The molecule has 0 aliphatic heterocycles. The number of nitrogens with zero attached hydrogens (tertiary/aromatic N) is 4. The average molecular weight is 188 g/mol. The third kappa shape index (κ3) is 1.51. The van der Waals surface area contributed by atoms with Gasteiger partial charge >= 0.3 is 0 Å². The van der Waals surface area contributed by atoms with Crippen LogP contribution in [0.2, 0.25) is 0 Å². The smallest absolute Gasteiger partial charge is 0.158 e. The third-order valence-electron chi connectivity index (χ3n) is 2.00. The lowest BCUT2D eigenvalue weighted by atomic mass is 10.2. The fourth-order valence-electron chi connectivity index (χ4n) is 1.34. The van der Waals surface area contributed by atoms with Crippen LogP contribution in [0.1, 0.15) is 19.9 Å². The van der Waals surface area contributed by atoms with Gasteiger partial charge in [0.15, 0.2) is 5.82 Å². The van der Waals surface area contributed by atoms with Gasteiger partial charge in [-0.2, -0.15) is 5.10 Å². The lowest BCUT2D eigenvalue weighted by molar-refractivity contribution is 0.537. The van der Waals surface area contributed by atoms with Crippen LogP contribution in [0.25, 0.3) is 11.4 Å². The van der Waals surface area contributed by atoms with Crippen LogP contribution in [0, 0.1) is 0 Å². The SMILES string of the molecule is CC(C)n1ncnc1-c1ccncc1. The van der Waals surface area contributed by atoms with Gasteiger partial charge in [0.25, 0.3) is 0 Å². The second kappa shape index (κ2) is 3.57. The van der Waals surface area contributed by atoms with Gasteiger partial charge in [-0.15, -0.1) is 0 Å². The van der Waals surface area contributed by atoms with E-state index in [1.165, 1.54) is 0 Å². The average Bonchev–Trinajstić information content (AvgIpc) is 2.67. The van der Waals surface area contributed by atoms with Gasteiger partial charge in [-0.25, -0.2) is 9.67 Å². The molecule has 0 saturated carbocycles. The van der Waals surface area contributed by atoms with Gasteiger partial charge in [-0.05, 0) is 26.0 Å². The molecule has 0 fully saturated rings. The summed E-state index contributed by atoms with van der Waals surface area (Å²) in [6.07, 6.45) is 5.10. The molecule has 2 aromatic rings. The van der Waals surface area contributed by atoms with E-state index in [4.69, 9.17) is 0 Å². The highest BCUT2D eigenvalue weighted by Crippen LogP contribution is 2.17. The number of hydrogen-bond donors (Lipinski definition) is 0. The highest BCUT2D eigenvalue weighted by Gasteiger charge is 2.08. The Morgan fingerprint density at radius 1 is 1.21 bits per heavy atom. The molecule has 0 bridgehead atoms. The molecule has 0 spiro atoms. The van der Waals surface area contributed by atoms with E-state index in [1.54, 1.807) is 18.7 Å². The van der Waals surface area contributed by atoms with Crippen LogP contribution in [0.5, 0.6) is 0 Å². The lowest BCUT2D eigenvalue weighted by Gasteiger charge is -2.08. The second-order valence-electron chi connectivity index (χ2n) is 3.36.